The van der Waals surface area contributed by atoms with Crippen LogP contribution in [0.25, 0.3) is 0 Å². The molecule has 0 amide bonds. The minimum atomic E-state index is -3.90. The molecule has 0 unspecified atom stereocenters. The molecule has 0 saturated carbocycles. The standard InChI is InChI=1S/C17H19FN2O4S2/c1-2-25(21,22)20-11-3-4-13-5-8-15(12-17(13)20)19-26(23,24)16-9-6-14(18)7-10-16/h5-10,12,19H,2-4,11H2,1H3. The second-order valence-electron chi connectivity index (χ2n) is 5.98. The Kier molecular flexibility index (Phi) is 4.94. The number of aryl methyl sites for hydroxylation is 1. The van der Waals surface area contributed by atoms with Gasteiger partial charge < -0.3 is 0 Å². The molecule has 26 heavy (non-hydrogen) atoms. The first-order chi connectivity index (χ1) is 12.2. The van der Waals surface area contributed by atoms with Crippen molar-refractivity contribution in [3.63, 3.8) is 0 Å². The van der Waals surface area contributed by atoms with Crippen LogP contribution in [0.4, 0.5) is 15.8 Å². The van der Waals surface area contributed by atoms with Crippen LogP contribution in [0.15, 0.2) is 47.4 Å². The van der Waals surface area contributed by atoms with E-state index in [1.807, 2.05) is 0 Å². The number of rotatable bonds is 5. The Morgan fingerprint density at radius 3 is 2.42 bits per heavy atom. The summed E-state index contributed by atoms with van der Waals surface area (Å²) in [5.41, 5.74) is 1.61. The summed E-state index contributed by atoms with van der Waals surface area (Å²) in [6, 6.07) is 9.34. The number of nitrogens with zero attached hydrogens (tertiary/aromatic N) is 1. The highest BCUT2D eigenvalue weighted by atomic mass is 32.2. The van der Waals surface area contributed by atoms with Gasteiger partial charge in [0.2, 0.25) is 10.0 Å². The van der Waals surface area contributed by atoms with Crippen LogP contribution in [-0.4, -0.2) is 29.1 Å². The second kappa shape index (κ2) is 6.88. The van der Waals surface area contributed by atoms with Gasteiger partial charge >= 0.3 is 0 Å². The van der Waals surface area contributed by atoms with Crippen molar-refractivity contribution in [1.29, 1.82) is 0 Å². The number of hydrogen-bond donors (Lipinski definition) is 1. The molecule has 6 nitrogen and oxygen atoms in total. The number of halogens is 1. The van der Waals surface area contributed by atoms with Crippen LogP contribution in [0, 0.1) is 5.82 Å². The zero-order valence-corrected chi connectivity index (χ0v) is 15.8. The lowest BCUT2D eigenvalue weighted by atomic mass is 10.0. The van der Waals surface area contributed by atoms with E-state index in [-0.39, 0.29) is 16.3 Å². The van der Waals surface area contributed by atoms with Crippen LogP contribution < -0.4 is 9.03 Å². The van der Waals surface area contributed by atoms with Crippen LogP contribution >= 0.6 is 0 Å². The summed E-state index contributed by atoms with van der Waals surface area (Å²) in [4.78, 5) is -0.0744. The summed E-state index contributed by atoms with van der Waals surface area (Å²) in [6.07, 6.45) is 1.45. The molecule has 1 aliphatic rings. The van der Waals surface area contributed by atoms with E-state index >= 15 is 0 Å². The molecular formula is C17H19FN2O4S2. The van der Waals surface area contributed by atoms with Gasteiger partial charge in [-0.05, 0) is 61.7 Å². The molecule has 0 atom stereocenters. The van der Waals surface area contributed by atoms with Gasteiger partial charge in [0.1, 0.15) is 5.82 Å². The molecular weight excluding hydrogens is 379 g/mol. The van der Waals surface area contributed by atoms with Crippen molar-refractivity contribution in [2.24, 2.45) is 0 Å². The fraction of sp³-hybridized carbons (Fsp3) is 0.294. The van der Waals surface area contributed by atoms with Crippen molar-refractivity contribution < 1.29 is 21.2 Å². The van der Waals surface area contributed by atoms with E-state index in [1.165, 1.54) is 22.5 Å². The largest absolute Gasteiger partial charge is 0.280 e. The maximum absolute atomic E-state index is 13.0. The van der Waals surface area contributed by atoms with Crippen LogP contribution in [-0.2, 0) is 26.5 Å². The van der Waals surface area contributed by atoms with Crippen molar-refractivity contribution in [1.82, 2.24) is 0 Å². The Bertz CT molecular complexity index is 1020. The van der Waals surface area contributed by atoms with Crippen LogP contribution in [0.5, 0.6) is 0 Å². The minimum Gasteiger partial charge on any atom is -0.280 e. The number of hydrogen-bond acceptors (Lipinski definition) is 4. The van der Waals surface area contributed by atoms with Gasteiger partial charge in [0, 0.05) is 6.54 Å². The molecule has 1 N–H and O–H groups in total. The summed E-state index contributed by atoms with van der Waals surface area (Å²) in [5, 5.41) is 0. The fourth-order valence-electron chi connectivity index (χ4n) is 2.88. The molecule has 0 spiro atoms. The summed E-state index contributed by atoms with van der Waals surface area (Å²) in [7, 11) is -7.34. The van der Waals surface area contributed by atoms with Crippen molar-refractivity contribution in [2.45, 2.75) is 24.7 Å². The van der Waals surface area contributed by atoms with Crippen molar-refractivity contribution in [3.8, 4) is 0 Å². The monoisotopic (exact) mass is 398 g/mol. The van der Waals surface area contributed by atoms with E-state index in [2.05, 4.69) is 4.72 Å². The van der Waals surface area contributed by atoms with Crippen LogP contribution in [0.3, 0.4) is 0 Å². The highest BCUT2D eigenvalue weighted by Gasteiger charge is 2.26. The number of anilines is 2. The third-order valence-electron chi connectivity index (χ3n) is 4.24. The predicted octanol–water partition coefficient (Wildman–Crippen LogP) is 2.73. The van der Waals surface area contributed by atoms with Gasteiger partial charge in [-0.1, -0.05) is 6.07 Å². The number of fused-ring (bicyclic) bond motifs is 1. The molecule has 140 valence electrons. The molecule has 1 heterocycles. The first-order valence-corrected chi connectivity index (χ1v) is 11.2. The maximum atomic E-state index is 13.0. The average Bonchev–Trinajstić information content (AvgIpc) is 2.61. The average molecular weight is 398 g/mol. The molecule has 0 radical (unpaired) electrons. The quantitative estimate of drug-likeness (QED) is 0.839. The van der Waals surface area contributed by atoms with E-state index in [1.54, 1.807) is 19.1 Å². The predicted molar refractivity (Wildman–Crippen MR) is 98.8 cm³/mol. The lowest BCUT2D eigenvalue weighted by Crippen LogP contribution is -2.36. The molecule has 0 aromatic heterocycles. The summed E-state index contributed by atoms with van der Waals surface area (Å²) in [5.74, 6) is -0.559. The Hall–Kier alpha value is -2.13. The molecule has 2 aromatic carbocycles. The molecule has 0 saturated heterocycles. The van der Waals surface area contributed by atoms with Crippen LogP contribution in [0.1, 0.15) is 18.9 Å². The maximum Gasteiger partial charge on any atom is 0.261 e. The lowest BCUT2D eigenvalue weighted by Gasteiger charge is -2.30. The summed E-state index contributed by atoms with van der Waals surface area (Å²) in [6.45, 7) is 1.95. The van der Waals surface area contributed by atoms with Gasteiger partial charge in [0.05, 0.1) is 22.0 Å². The Labute approximate surface area is 152 Å². The van der Waals surface area contributed by atoms with Crippen molar-refractivity contribution in [2.75, 3.05) is 21.3 Å². The van der Waals surface area contributed by atoms with E-state index in [0.717, 1.165) is 24.1 Å². The Morgan fingerprint density at radius 1 is 1.08 bits per heavy atom. The first-order valence-electron chi connectivity index (χ1n) is 8.15. The minimum absolute atomic E-state index is 0.0298. The van der Waals surface area contributed by atoms with E-state index in [4.69, 9.17) is 0 Å². The van der Waals surface area contributed by atoms with Gasteiger partial charge in [0.15, 0.2) is 0 Å². The Balaban J connectivity index is 1.96. The Morgan fingerprint density at radius 2 is 1.77 bits per heavy atom. The highest BCUT2D eigenvalue weighted by molar-refractivity contribution is 7.93. The van der Waals surface area contributed by atoms with Crippen LogP contribution in [0.2, 0.25) is 0 Å². The van der Waals surface area contributed by atoms with Crippen molar-refractivity contribution in [3.05, 3.63) is 53.8 Å². The molecule has 0 fully saturated rings. The number of nitrogens with one attached hydrogen (secondary N) is 1. The third-order valence-corrected chi connectivity index (χ3v) is 7.42. The van der Waals surface area contributed by atoms with Gasteiger partial charge in [-0.2, -0.15) is 0 Å². The molecule has 1 aliphatic heterocycles. The fourth-order valence-corrected chi connectivity index (χ4v) is 5.12. The normalized spacial score (nSPS) is 14.8. The molecule has 9 heteroatoms. The number of benzene rings is 2. The second-order valence-corrected chi connectivity index (χ2v) is 9.84. The smallest absolute Gasteiger partial charge is 0.261 e. The molecule has 2 aromatic rings. The molecule has 0 bridgehead atoms. The summed E-state index contributed by atoms with van der Waals surface area (Å²) >= 11 is 0. The van der Waals surface area contributed by atoms with Crippen molar-refractivity contribution >= 4 is 31.4 Å². The topological polar surface area (TPSA) is 83.6 Å². The van der Waals surface area contributed by atoms with Gasteiger partial charge in [0.25, 0.3) is 10.0 Å². The zero-order valence-electron chi connectivity index (χ0n) is 14.1. The van der Waals surface area contributed by atoms with Gasteiger partial charge in [-0.25, -0.2) is 21.2 Å². The third kappa shape index (κ3) is 3.68. The number of sulfonamides is 2. The first kappa shape index (κ1) is 18.7. The molecule has 0 aliphatic carbocycles. The lowest BCUT2D eigenvalue weighted by molar-refractivity contribution is 0.587. The molecule has 3 rings (SSSR count). The van der Waals surface area contributed by atoms with E-state index in [9.17, 15) is 21.2 Å². The zero-order chi connectivity index (χ0) is 18.9. The SMILES string of the molecule is CCS(=O)(=O)N1CCCc2ccc(NS(=O)(=O)c3ccc(F)cc3)cc21. The van der Waals surface area contributed by atoms with Gasteiger partial charge in [-0.15, -0.1) is 0 Å². The summed E-state index contributed by atoms with van der Waals surface area (Å²) < 4.78 is 66.3. The van der Waals surface area contributed by atoms with Gasteiger partial charge in [-0.3, -0.25) is 9.03 Å². The highest BCUT2D eigenvalue weighted by Crippen LogP contribution is 2.32. The van der Waals surface area contributed by atoms with E-state index < -0.39 is 25.9 Å². The van der Waals surface area contributed by atoms with E-state index in [0.29, 0.717) is 18.7 Å².